The molecule has 2 aliphatic rings. The largest absolute Gasteiger partial charge is 0.495 e. The first-order chi connectivity index (χ1) is 17.3. The van der Waals surface area contributed by atoms with Gasteiger partial charge in [0.2, 0.25) is 5.95 Å². The molecule has 3 heterocycles. The number of hydrogen-bond acceptors (Lipinski definition) is 8. The van der Waals surface area contributed by atoms with Gasteiger partial charge >= 0.3 is 0 Å². The number of alkyl halides is 2. The predicted octanol–water partition coefficient (Wildman–Crippen LogP) is 5.82. The first-order valence-electron chi connectivity index (χ1n) is 11.5. The highest BCUT2D eigenvalue weighted by Crippen LogP contribution is 2.46. The highest BCUT2D eigenvalue weighted by Gasteiger charge is 2.45. The van der Waals surface area contributed by atoms with Crippen LogP contribution in [0.2, 0.25) is 10.0 Å². The van der Waals surface area contributed by atoms with E-state index in [0.717, 1.165) is 19.4 Å². The van der Waals surface area contributed by atoms with Crippen LogP contribution in [0.4, 0.5) is 20.5 Å². The van der Waals surface area contributed by atoms with Crippen LogP contribution < -0.4 is 20.1 Å². The molecule has 0 spiro atoms. The lowest BCUT2D eigenvalue weighted by Crippen LogP contribution is -2.44. The Hall–Kier alpha value is -2.69. The number of anilines is 2. The van der Waals surface area contributed by atoms with Crippen LogP contribution >= 0.6 is 23.2 Å². The summed E-state index contributed by atoms with van der Waals surface area (Å²) in [7, 11) is 2.96. The first-order valence-corrected chi connectivity index (χ1v) is 12.3. The highest BCUT2D eigenvalue weighted by molar-refractivity contribution is 6.41. The maximum absolute atomic E-state index is 13.6. The standard InChI is InChI=1S/C24H25Cl2F2N5O3/c1-34-16-7-17(35-2)20(26)18(19(16)25)15-6-12-10-29-23(31-13-4-3-5-36-11-13)33-21(12)22(32-15)30-14-8-24(27,28)9-14/h6-7,10,13-14H,3-5,8-9,11H2,1-2H3,(H,30,32)(H,29,31,33). The summed E-state index contributed by atoms with van der Waals surface area (Å²) in [5.74, 6) is -1.24. The summed E-state index contributed by atoms with van der Waals surface area (Å²) in [6.07, 6.45) is 2.97. The maximum atomic E-state index is 13.6. The first kappa shape index (κ1) is 25.0. The van der Waals surface area contributed by atoms with E-state index in [1.54, 1.807) is 18.3 Å². The third-order valence-corrected chi connectivity index (χ3v) is 7.07. The van der Waals surface area contributed by atoms with Crippen LogP contribution in [0.15, 0.2) is 18.3 Å². The molecule has 8 nitrogen and oxygen atoms in total. The van der Waals surface area contributed by atoms with Gasteiger partial charge in [0.05, 0.1) is 42.6 Å². The Morgan fingerprint density at radius 2 is 1.75 bits per heavy atom. The lowest BCUT2D eigenvalue weighted by molar-refractivity contribution is -0.0793. The normalized spacial score (nSPS) is 19.6. The topological polar surface area (TPSA) is 90.4 Å². The van der Waals surface area contributed by atoms with Gasteiger partial charge in [0.25, 0.3) is 5.92 Å². The SMILES string of the molecule is COc1cc(OC)c(Cl)c(-c2cc3cnc(NC4CCCOC4)nc3c(NC3CC(F)(F)C3)n2)c1Cl. The third kappa shape index (κ3) is 4.94. The van der Waals surface area contributed by atoms with Gasteiger partial charge in [0.1, 0.15) is 17.0 Å². The summed E-state index contributed by atoms with van der Waals surface area (Å²) in [6.45, 7) is 1.30. The zero-order chi connectivity index (χ0) is 25.4. The van der Waals surface area contributed by atoms with Crippen LogP contribution in [0.3, 0.4) is 0 Å². The van der Waals surface area contributed by atoms with Crippen molar-refractivity contribution in [3.05, 3.63) is 28.4 Å². The van der Waals surface area contributed by atoms with Crippen LogP contribution in [-0.4, -0.2) is 60.4 Å². The average molecular weight is 540 g/mol. The van der Waals surface area contributed by atoms with Crippen molar-refractivity contribution in [2.45, 2.75) is 43.7 Å². The molecule has 1 saturated carbocycles. The fourth-order valence-electron chi connectivity index (χ4n) is 4.44. The highest BCUT2D eigenvalue weighted by atomic mass is 35.5. The number of benzene rings is 1. The molecule has 1 aliphatic heterocycles. The molecule has 12 heteroatoms. The number of pyridine rings is 1. The molecule has 2 fully saturated rings. The number of nitrogens with zero attached hydrogens (tertiary/aromatic N) is 3. The number of nitrogens with one attached hydrogen (secondary N) is 2. The van der Waals surface area contributed by atoms with Gasteiger partial charge in [0.15, 0.2) is 5.82 Å². The van der Waals surface area contributed by atoms with E-state index in [9.17, 15) is 8.78 Å². The Balaban J connectivity index is 1.60. The molecule has 1 atom stereocenters. The lowest BCUT2D eigenvalue weighted by atomic mass is 9.88. The predicted molar refractivity (Wildman–Crippen MR) is 135 cm³/mol. The van der Waals surface area contributed by atoms with Gasteiger partial charge in [-0.1, -0.05) is 23.2 Å². The summed E-state index contributed by atoms with van der Waals surface area (Å²) < 4.78 is 43.4. The van der Waals surface area contributed by atoms with Crippen LogP contribution in [0, 0.1) is 0 Å². The summed E-state index contributed by atoms with van der Waals surface area (Å²) >= 11 is 13.2. The third-order valence-electron chi connectivity index (χ3n) is 6.32. The number of aromatic nitrogens is 3. The van der Waals surface area contributed by atoms with Crippen LogP contribution in [0.5, 0.6) is 11.5 Å². The minimum absolute atomic E-state index is 0.0898. The summed E-state index contributed by atoms with van der Waals surface area (Å²) in [4.78, 5) is 13.8. The molecule has 2 N–H and O–H groups in total. The van der Waals surface area contributed by atoms with Crippen molar-refractivity contribution in [1.29, 1.82) is 0 Å². The van der Waals surface area contributed by atoms with Crippen molar-refractivity contribution in [2.75, 3.05) is 38.1 Å². The lowest BCUT2D eigenvalue weighted by Gasteiger charge is -2.35. The molecule has 5 rings (SSSR count). The second-order valence-corrected chi connectivity index (χ2v) is 9.69. The molecule has 1 unspecified atom stereocenters. The second kappa shape index (κ2) is 9.99. The van der Waals surface area contributed by atoms with E-state index in [4.69, 9.17) is 42.4 Å². The van der Waals surface area contributed by atoms with E-state index in [2.05, 4.69) is 20.6 Å². The Labute approximate surface area is 216 Å². The molecule has 2 aromatic heterocycles. The van der Waals surface area contributed by atoms with Gasteiger partial charge < -0.3 is 24.8 Å². The molecule has 1 aliphatic carbocycles. The molecule has 3 aromatic rings. The second-order valence-electron chi connectivity index (χ2n) is 8.94. The molecule has 192 valence electrons. The smallest absolute Gasteiger partial charge is 0.252 e. The number of rotatable bonds is 7. The van der Waals surface area contributed by atoms with Crippen molar-refractivity contribution in [3.8, 4) is 22.8 Å². The number of hydrogen-bond donors (Lipinski definition) is 2. The van der Waals surface area contributed by atoms with E-state index in [1.165, 1.54) is 14.2 Å². The Kier molecular flexibility index (Phi) is 6.93. The fraction of sp³-hybridized carbons (Fsp3) is 0.458. The van der Waals surface area contributed by atoms with Crippen LogP contribution in [0.25, 0.3) is 22.2 Å². The molecular formula is C24H25Cl2F2N5O3. The van der Waals surface area contributed by atoms with Crippen molar-refractivity contribution in [3.63, 3.8) is 0 Å². The zero-order valence-corrected chi connectivity index (χ0v) is 21.2. The van der Waals surface area contributed by atoms with Gasteiger partial charge in [-0.25, -0.2) is 23.7 Å². The minimum Gasteiger partial charge on any atom is -0.495 e. The quantitative estimate of drug-likeness (QED) is 0.388. The molecule has 0 radical (unpaired) electrons. The van der Waals surface area contributed by atoms with Crippen LogP contribution in [-0.2, 0) is 4.74 Å². The van der Waals surface area contributed by atoms with E-state index in [-0.39, 0.29) is 28.9 Å². The van der Waals surface area contributed by atoms with Gasteiger partial charge in [0, 0.05) is 48.7 Å². The fourth-order valence-corrected chi connectivity index (χ4v) is 5.14. The van der Waals surface area contributed by atoms with Gasteiger partial charge in [-0.05, 0) is 18.9 Å². The van der Waals surface area contributed by atoms with Crippen molar-refractivity contribution >= 4 is 45.9 Å². The molecule has 1 saturated heterocycles. The molecule has 0 amide bonds. The van der Waals surface area contributed by atoms with Crippen LogP contribution in [0.1, 0.15) is 25.7 Å². The minimum atomic E-state index is -2.69. The molecule has 0 bridgehead atoms. The van der Waals surface area contributed by atoms with Crippen molar-refractivity contribution in [2.24, 2.45) is 0 Å². The number of ether oxygens (including phenoxy) is 3. The number of methoxy groups -OCH3 is 2. The molecular weight excluding hydrogens is 515 g/mol. The van der Waals surface area contributed by atoms with Gasteiger partial charge in [-0.15, -0.1) is 0 Å². The number of halogens is 4. The van der Waals surface area contributed by atoms with Gasteiger partial charge in [-0.3, -0.25) is 0 Å². The van der Waals surface area contributed by atoms with E-state index in [1.807, 2.05) is 0 Å². The Morgan fingerprint density at radius 3 is 2.36 bits per heavy atom. The van der Waals surface area contributed by atoms with Gasteiger partial charge in [-0.2, -0.15) is 0 Å². The Bertz CT molecular complexity index is 1250. The maximum Gasteiger partial charge on any atom is 0.252 e. The van der Waals surface area contributed by atoms with E-state index >= 15 is 0 Å². The van der Waals surface area contributed by atoms with Crippen molar-refractivity contribution in [1.82, 2.24) is 15.0 Å². The monoisotopic (exact) mass is 539 g/mol. The summed E-state index contributed by atoms with van der Waals surface area (Å²) in [6, 6.07) is 2.97. The summed E-state index contributed by atoms with van der Waals surface area (Å²) in [5, 5.41) is 7.54. The summed E-state index contributed by atoms with van der Waals surface area (Å²) in [5.41, 5.74) is 1.28. The van der Waals surface area contributed by atoms with E-state index in [0.29, 0.717) is 52.0 Å². The molecule has 36 heavy (non-hydrogen) atoms. The van der Waals surface area contributed by atoms with E-state index < -0.39 is 12.0 Å². The average Bonchev–Trinajstić information content (AvgIpc) is 2.84. The molecule has 1 aromatic carbocycles. The number of fused-ring (bicyclic) bond motifs is 1. The van der Waals surface area contributed by atoms with Crippen molar-refractivity contribution < 1.29 is 23.0 Å². The Morgan fingerprint density at radius 1 is 1.03 bits per heavy atom. The zero-order valence-electron chi connectivity index (χ0n) is 19.7.